The van der Waals surface area contributed by atoms with Crippen molar-refractivity contribution >= 4 is 23.0 Å². The molecule has 8 heteroatoms. The molecule has 1 N–H and O–H groups in total. The summed E-state index contributed by atoms with van der Waals surface area (Å²) in [5, 5.41) is 14.9. The van der Waals surface area contributed by atoms with Crippen molar-refractivity contribution in [2.24, 2.45) is 11.8 Å². The number of benzene rings is 3. The maximum atomic E-state index is 14.3. The number of nitrogens with zero attached hydrogens (tertiary/aromatic N) is 3. The van der Waals surface area contributed by atoms with Crippen molar-refractivity contribution < 1.29 is 19.4 Å². The molecule has 2 fully saturated rings. The third-order valence-corrected chi connectivity index (χ3v) is 11.4. The Hall–Kier alpha value is -4.37. The van der Waals surface area contributed by atoms with Gasteiger partial charge in [-0.1, -0.05) is 60.7 Å². The summed E-state index contributed by atoms with van der Waals surface area (Å²) >= 11 is 1.60. The highest BCUT2D eigenvalue weighted by Gasteiger charge is 2.37. The van der Waals surface area contributed by atoms with Crippen LogP contribution in [0.4, 0.5) is 0 Å². The molecule has 258 valence electrons. The zero-order chi connectivity index (χ0) is 34.5. The van der Waals surface area contributed by atoms with E-state index in [1.807, 2.05) is 94.8 Å². The van der Waals surface area contributed by atoms with Crippen LogP contribution >= 0.6 is 11.3 Å². The lowest BCUT2D eigenvalue weighted by atomic mass is 9.81. The average Bonchev–Trinajstić information content (AvgIpc) is 3.99. The second kappa shape index (κ2) is 15.7. The number of rotatable bonds is 13. The second-order valence-corrected chi connectivity index (χ2v) is 14.8. The number of carbonyl (C=O) groups excluding carboxylic acids is 2. The van der Waals surface area contributed by atoms with Crippen LogP contribution in [0.1, 0.15) is 87.1 Å². The molecular formula is C42H45N3O4S. The number of Topliss-reactive ketones (excluding diaryl/α,β-unsaturated/α-hetero) is 1. The minimum Gasteiger partial charge on any atom is -0.393 e. The van der Waals surface area contributed by atoms with Crippen LogP contribution in [-0.4, -0.2) is 50.0 Å². The van der Waals surface area contributed by atoms with E-state index in [-0.39, 0.29) is 42.1 Å². The summed E-state index contributed by atoms with van der Waals surface area (Å²) in [7, 11) is 0. The van der Waals surface area contributed by atoms with E-state index in [1.165, 1.54) is 0 Å². The number of ether oxygens (including phenoxy) is 1. The Labute approximate surface area is 298 Å². The van der Waals surface area contributed by atoms with Gasteiger partial charge in [0.25, 0.3) is 5.91 Å². The van der Waals surface area contributed by atoms with Crippen LogP contribution in [0.25, 0.3) is 5.69 Å². The molecule has 1 unspecified atom stereocenters. The third kappa shape index (κ3) is 7.99. The van der Waals surface area contributed by atoms with Crippen LogP contribution in [0.3, 0.4) is 0 Å². The van der Waals surface area contributed by atoms with E-state index in [1.54, 1.807) is 17.4 Å². The number of carbonyl (C=O) groups is 2. The van der Waals surface area contributed by atoms with Gasteiger partial charge in [-0.15, -0.1) is 11.3 Å². The van der Waals surface area contributed by atoms with Gasteiger partial charge < -0.3 is 19.3 Å². The highest BCUT2D eigenvalue weighted by Crippen LogP contribution is 2.37. The lowest BCUT2D eigenvalue weighted by molar-refractivity contribution is 0.0184. The van der Waals surface area contributed by atoms with Crippen molar-refractivity contribution in [3.63, 3.8) is 0 Å². The topological polar surface area (TPSA) is 84.7 Å². The minimum atomic E-state index is -0.662. The molecule has 2 aromatic heterocycles. The molecule has 1 aliphatic heterocycles. The number of aryl methyl sites for hydroxylation is 1. The van der Waals surface area contributed by atoms with Gasteiger partial charge in [0, 0.05) is 53.2 Å². The molecule has 3 heterocycles. The molecule has 0 radical (unpaired) electrons. The number of aliphatic hydroxyl groups excluding tert-OH is 1. The Balaban J connectivity index is 1.12. The fourth-order valence-corrected chi connectivity index (χ4v) is 8.65. The van der Waals surface area contributed by atoms with Gasteiger partial charge in [0.1, 0.15) is 5.01 Å². The summed E-state index contributed by atoms with van der Waals surface area (Å²) in [5.74, 6) is -0.399. The van der Waals surface area contributed by atoms with Gasteiger partial charge in [0.15, 0.2) is 5.78 Å². The minimum absolute atomic E-state index is 0.0437. The number of aromatic nitrogens is 2. The number of thiazole rings is 1. The molecule has 3 aromatic carbocycles. The summed E-state index contributed by atoms with van der Waals surface area (Å²) in [5.41, 5.74) is 4.94. The van der Waals surface area contributed by atoms with E-state index in [0.717, 1.165) is 59.6 Å². The summed E-state index contributed by atoms with van der Waals surface area (Å²) in [6, 6.07) is 29.6. The second-order valence-electron chi connectivity index (χ2n) is 13.9. The van der Waals surface area contributed by atoms with Crippen molar-refractivity contribution in [1.82, 2.24) is 14.5 Å². The van der Waals surface area contributed by atoms with E-state index < -0.39 is 6.10 Å². The zero-order valence-corrected chi connectivity index (χ0v) is 29.4. The molecule has 1 amide bonds. The lowest BCUT2D eigenvalue weighted by Crippen LogP contribution is -2.32. The molecule has 50 heavy (non-hydrogen) atoms. The summed E-state index contributed by atoms with van der Waals surface area (Å²) in [6.45, 7) is 3.19. The van der Waals surface area contributed by atoms with Crippen molar-refractivity contribution in [3.8, 4) is 5.69 Å². The highest BCUT2D eigenvalue weighted by molar-refractivity contribution is 7.09. The number of aliphatic hydroxyl groups is 1. The predicted molar refractivity (Wildman–Crippen MR) is 197 cm³/mol. The Morgan fingerprint density at radius 3 is 2.36 bits per heavy atom. The highest BCUT2D eigenvalue weighted by atomic mass is 32.1. The maximum absolute atomic E-state index is 14.3. The lowest BCUT2D eigenvalue weighted by Gasteiger charge is -2.28. The summed E-state index contributed by atoms with van der Waals surface area (Å²) < 4.78 is 8.20. The smallest absolute Gasteiger partial charge is 0.254 e. The molecule has 0 bridgehead atoms. The molecular weight excluding hydrogens is 643 g/mol. The molecule has 1 saturated heterocycles. The molecule has 0 spiro atoms. The van der Waals surface area contributed by atoms with E-state index in [9.17, 15) is 14.7 Å². The van der Waals surface area contributed by atoms with Crippen LogP contribution in [0.15, 0.2) is 109 Å². The SMILES string of the molecule is Cc1csc(C2CCCN2C(=O)c2cc(C(=O)C[C@@H](Cc3ccccc3)[C@H](O)[C@@H]3CC[C@H](OCc4ccccc4)C3)cc(-n3cccc3)c2)n1. The van der Waals surface area contributed by atoms with E-state index in [4.69, 9.17) is 9.72 Å². The first kappa shape index (κ1) is 34.1. The Kier molecular flexibility index (Phi) is 10.7. The Morgan fingerprint density at radius 2 is 1.64 bits per heavy atom. The molecule has 7 nitrogen and oxygen atoms in total. The largest absolute Gasteiger partial charge is 0.393 e. The van der Waals surface area contributed by atoms with Crippen LogP contribution in [-0.2, 0) is 17.8 Å². The molecule has 5 aromatic rings. The van der Waals surface area contributed by atoms with Gasteiger partial charge in [-0.05, 0) is 98.7 Å². The first-order valence-electron chi connectivity index (χ1n) is 17.8. The van der Waals surface area contributed by atoms with Crippen LogP contribution in [0, 0.1) is 18.8 Å². The third-order valence-electron chi connectivity index (χ3n) is 10.3. The van der Waals surface area contributed by atoms with Crippen LogP contribution in [0.2, 0.25) is 0 Å². The van der Waals surface area contributed by atoms with E-state index >= 15 is 0 Å². The summed E-state index contributed by atoms with van der Waals surface area (Å²) in [6.07, 6.45) is 8.34. The molecule has 5 atom stereocenters. The van der Waals surface area contributed by atoms with Crippen molar-refractivity contribution in [2.45, 2.75) is 76.7 Å². The standard InChI is InChI=1S/C42H45N3O4S/c1-29-28-50-41(43-29)38-15-10-20-45(38)42(48)35-22-33(23-36(24-35)44-18-8-9-19-44)39(46)26-34(21-30-11-4-2-5-12-30)40(47)32-16-17-37(25-32)49-27-31-13-6-3-7-14-31/h2-9,11-14,18-19,22-24,28,32,34,37-38,40,47H,10,15-17,20-21,25-27H2,1H3/t32-,34-,37+,38?,40-/m1/s1. The Bertz CT molecular complexity index is 1870. The average molecular weight is 688 g/mol. The molecule has 7 rings (SSSR count). The van der Waals surface area contributed by atoms with Crippen LogP contribution in [0.5, 0.6) is 0 Å². The number of likely N-dealkylation sites (tertiary alicyclic amines) is 1. The van der Waals surface area contributed by atoms with Gasteiger partial charge in [-0.25, -0.2) is 4.98 Å². The fourth-order valence-electron chi connectivity index (χ4n) is 7.70. The maximum Gasteiger partial charge on any atom is 0.254 e. The quantitative estimate of drug-likeness (QED) is 0.126. The number of ketones is 1. The van der Waals surface area contributed by atoms with Crippen molar-refractivity contribution in [3.05, 3.63) is 142 Å². The van der Waals surface area contributed by atoms with E-state index in [0.29, 0.717) is 30.7 Å². The summed E-state index contributed by atoms with van der Waals surface area (Å²) in [4.78, 5) is 35.1. The normalized spacial score (nSPS) is 20.2. The van der Waals surface area contributed by atoms with Crippen molar-refractivity contribution in [2.75, 3.05) is 6.54 Å². The fraction of sp³-hybridized carbons (Fsp3) is 0.357. The van der Waals surface area contributed by atoms with Crippen molar-refractivity contribution in [1.29, 1.82) is 0 Å². The van der Waals surface area contributed by atoms with Gasteiger partial charge in [0.05, 0.1) is 24.9 Å². The first-order valence-corrected chi connectivity index (χ1v) is 18.7. The monoisotopic (exact) mass is 687 g/mol. The van der Waals surface area contributed by atoms with Gasteiger partial charge in [-0.2, -0.15) is 0 Å². The zero-order valence-electron chi connectivity index (χ0n) is 28.6. The first-order chi connectivity index (χ1) is 24.4. The number of hydrogen-bond acceptors (Lipinski definition) is 6. The van der Waals surface area contributed by atoms with E-state index in [2.05, 4.69) is 24.3 Å². The number of amides is 1. The number of hydrogen-bond donors (Lipinski definition) is 1. The van der Waals surface area contributed by atoms with Gasteiger partial charge in [0.2, 0.25) is 0 Å². The molecule has 1 aliphatic carbocycles. The van der Waals surface area contributed by atoms with Crippen LogP contribution < -0.4 is 0 Å². The Morgan fingerprint density at radius 1 is 0.920 bits per heavy atom. The predicted octanol–water partition coefficient (Wildman–Crippen LogP) is 8.40. The van der Waals surface area contributed by atoms with Gasteiger partial charge >= 0.3 is 0 Å². The molecule has 2 aliphatic rings. The van der Waals surface area contributed by atoms with Gasteiger partial charge in [-0.3, -0.25) is 9.59 Å². The molecule has 1 saturated carbocycles.